The van der Waals surface area contributed by atoms with E-state index < -0.39 is 0 Å². The van der Waals surface area contributed by atoms with Crippen LogP contribution in [-0.2, 0) is 11.2 Å². The first kappa shape index (κ1) is 17.7. The average Bonchev–Trinajstić information content (AvgIpc) is 2.94. The van der Waals surface area contributed by atoms with Crippen molar-refractivity contribution in [2.24, 2.45) is 0 Å². The summed E-state index contributed by atoms with van der Waals surface area (Å²) in [6.07, 6.45) is 8.16. The minimum atomic E-state index is 0.00350. The number of benzene rings is 1. The zero-order valence-corrected chi connectivity index (χ0v) is 14.7. The highest BCUT2D eigenvalue weighted by atomic mass is 16.3. The fourth-order valence-electron chi connectivity index (χ4n) is 3.22. The Morgan fingerprint density at radius 2 is 1.88 bits per heavy atom. The van der Waals surface area contributed by atoms with Gasteiger partial charge in [-0.2, -0.15) is 0 Å². The first-order chi connectivity index (χ1) is 12.3. The number of carbonyl (C=O) groups is 1. The topological polar surface area (TPSA) is 58.4 Å². The smallest absolute Gasteiger partial charge is 0.226 e. The van der Waals surface area contributed by atoms with Crippen molar-refractivity contribution in [1.82, 2.24) is 15.2 Å². The molecular formula is C20H27N3O2. The van der Waals surface area contributed by atoms with E-state index in [1.807, 2.05) is 30.3 Å². The van der Waals surface area contributed by atoms with Gasteiger partial charge in [-0.3, -0.25) is 4.79 Å². The molecule has 1 aromatic heterocycles. The molecule has 0 radical (unpaired) electrons. The Hall–Kier alpha value is -2.14. The van der Waals surface area contributed by atoms with Crippen LogP contribution in [0.2, 0.25) is 0 Å². The molecule has 0 aliphatic carbocycles. The summed E-state index contributed by atoms with van der Waals surface area (Å²) in [5.41, 5.74) is 1.59. The number of aromatic nitrogens is 1. The Kier molecular flexibility index (Phi) is 6.63. The quantitative estimate of drug-likeness (QED) is 0.785. The molecule has 0 unspecified atom stereocenters. The maximum absolute atomic E-state index is 12.1. The number of carbonyl (C=O) groups excluding carboxylic acids is 1. The van der Waals surface area contributed by atoms with E-state index in [0.717, 1.165) is 25.1 Å². The van der Waals surface area contributed by atoms with Crippen LogP contribution in [-0.4, -0.2) is 42.0 Å². The van der Waals surface area contributed by atoms with E-state index in [4.69, 9.17) is 4.42 Å². The van der Waals surface area contributed by atoms with Gasteiger partial charge in [0, 0.05) is 12.1 Å². The van der Waals surface area contributed by atoms with Gasteiger partial charge in [0.05, 0.1) is 12.1 Å². The number of hydrogen-bond acceptors (Lipinski definition) is 4. The third kappa shape index (κ3) is 5.71. The number of hydrogen-bond donors (Lipinski definition) is 1. The van der Waals surface area contributed by atoms with Gasteiger partial charge in [0.15, 0.2) is 0 Å². The molecule has 3 rings (SSSR count). The third-order valence-corrected chi connectivity index (χ3v) is 4.59. The molecule has 5 heteroatoms. The molecule has 2 heterocycles. The van der Waals surface area contributed by atoms with Gasteiger partial charge < -0.3 is 14.6 Å². The van der Waals surface area contributed by atoms with E-state index in [1.54, 1.807) is 6.26 Å². The Morgan fingerprint density at radius 1 is 1.12 bits per heavy atom. The highest BCUT2D eigenvalue weighted by Gasteiger charge is 2.11. The summed E-state index contributed by atoms with van der Waals surface area (Å²) in [5.74, 6) is 0.563. The predicted octanol–water partition coefficient (Wildman–Crippen LogP) is 3.27. The molecule has 0 saturated carbocycles. The van der Waals surface area contributed by atoms with Gasteiger partial charge in [-0.05, 0) is 51.0 Å². The van der Waals surface area contributed by atoms with Crippen LogP contribution in [0.15, 0.2) is 41.0 Å². The van der Waals surface area contributed by atoms with E-state index in [-0.39, 0.29) is 12.3 Å². The third-order valence-electron chi connectivity index (χ3n) is 4.59. The molecule has 25 heavy (non-hydrogen) atoms. The Balaban J connectivity index is 1.37. The number of oxazole rings is 1. The number of rotatable bonds is 7. The van der Waals surface area contributed by atoms with Crippen LogP contribution in [0, 0.1) is 0 Å². The molecule has 1 saturated heterocycles. The second kappa shape index (κ2) is 9.37. The van der Waals surface area contributed by atoms with Gasteiger partial charge in [0.25, 0.3) is 0 Å². The zero-order chi connectivity index (χ0) is 17.3. The van der Waals surface area contributed by atoms with E-state index in [1.165, 1.54) is 38.8 Å². The first-order valence-electron chi connectivity index (χ1n) is 9.30. The van der Waals surface area contributed by atoms with Crippen LogP contribution in [0.25, 0.3) is 11.5 Å². The van der Waals surface area contributed by atoms with Gasteiger partial charge in [-0.25, -0.2) is 4.98 Å². The fraction of sp³-hybridized carbons (Fsp3) is 0.500. The molecule has 1 fully saturated rings. The SMILES string of the molecule is O=C(Cc1coc(-c2ccccc2)n1)NCCCN1CCCCCC1. The second-order valence-electron chi connectivity index (χ2n) is 6.65. The highest BCUT2D eigenvalue weighted by Crippen LogP contribution is 2.18. The Morgan fingerprint density at radius 3 is 2.64 bits per heavy atom. The molecule has 5 nitrogen and oxygen atoms in total. The summed E-state index contributed by atoms with van der Waals surface area (Å²) in [7, 11) is 0. The minimum Gasteiger partial charge on any atom is -0.444 e. The van der Waals surface area contributed by atoms with E-state index in [9.17, 15) is 4.79 Å². The minimum absolute atomic E-state index is 0.00350. The zero-order valence-electron chi connectivity index (χ0n) is 14.7. The molecule has 1 aliphatic heterocycles. The molecular weight excluding hydrogens is 314 g/mol. The summed E-state index contributed by atoms with van der Waals surface area (Å²) < 4.78 is 5.47. The van der Waals surface area contributed by atoms with Crippen molar-refractivity contribution in [3.05, 3.63) is 42.3 Å². The first-order valence-corrected chi connectivity index (χ1v) is 9.30. The van der Waals surface area contributed by atoms with Crippen LogP contribution >= 0.6 is 0 Å². The lowest BCUT2D eigenvalue weighted by Crippen LogP contribution is -2.31. The van der Waals surface area contributed by atoms with Gasteiger partial charge in [0.2, 0.25) is 11.8 Å². The maximum Gasteiger partial charge on any atom is 0.226 e. The standard InChI is InChI=1S/C20H27N3O2/c24-19(21-11-8-14-23-12-6-1-2-7-13-23)15-18-16-25-20(22-18)17-9-4-3-5-10-17/h3-5,9-10,16H,1-2,6-8,11-15H2,(H,21,24). The van der Waals surface area contributed by atoms with Crippen molar-refractivity contribution in [3.63, 3.8) is 0 Å². The Bertz CT molecular complexity index is 646. The van der Waals surface area contributed by atoms with Crippen molar-refractivity contribution < 1.29 is 9.21 Å². The molecule has 0 atom stereocenters. The van der Waals surface area contributed by atoms with Crippen molar-refractivity contribution in [2.45, 2.75) is 38.5 Å². The summed E-state index contributed by atoms with van der Waals surface area (Å²) >= 11 is 0. The largest absolute Gasteiger partial charge is 0.444 e. The number of nitrogens with zero attached hydrogens (tertiary/aromatic N) is 2. The Labute approximate surface area is 149 Å². The maximum atomic E-state index is 12.1. The van der Waals surface area contributed by atoms with Gasteiger partial charge in [0.1, 0.15) is 6.26 Å². The number of nitrogens with one attached hydrogen (secondary N) is 1. The van der Waals surface area contributed by atoms with Crippen LogP contribution < -0.4 is 5.32 Å². The number of likely N-dealkylation sites (tertiary alicyclic amines) is 1. The summed E-state index contributed by atoms with van der Waals surface area (Å²) in [6.45, 7) is 4.20. The van der Waals surface area contributed by atoms with Crippen molar-refractivity contribution in [1.29, 1.82) is 0 Å². The lowest BCUT2D eigenvalue weighted by atomic mass is 10.2. The summed E-state index contributed by atoms with van der Waals surface area (Å²) in [6, 6.07) is 9.72. The predicted molar refractivity (Wildman–Crippen MR) is 98.2 cm³/mol. The van der Waals surface area contributed by atoms with Crippen LogP contribution in [0.4, 0.5) is 0 Å². The van der Waals surface area contributed by atoms with Crippen molar-refractivity contribution >= 4 is 5.91 Å². The van der Waals surface area contributed by atoms with Gasteiger partial charge in [-0.1, -0.05) is 31.0 Å². The normalized spacial score (nSPS) is 15.7. The molecule has 134 valence electrons. The van der Waals surface area contributed by atoms with Crippen LogP contribution in [0.1, 0.15) is 37.8 Å². The molecule has 0 spiro atoms. The molecule has 1 aliphatic rings. The molecule has 1 amide bonds. The van der Waals surface area contributed by atoms with Crippen molar-refractivity contribution in [2.75, 3.05) is 26.2 Å². The van der Waals surface area contributed by atoms with Gasteiger partial charge >= 0.3 is 0 Å². The lowest BCUT2D eigenvalue weighted by molar-refractivity contribution is -0.120. The van der Waals surface area contributed by atoms with E-state index >= 15 is 0 Å². The molecule has 2 aromatic rings. The van der Waals surface area contributed by atoms with Crippen LogP contribution in [0.3, 0.4) is 0 Å². The van der Waals surface area contributed by atoms with Gasteiger partial charge in [-0.15, -0.1) is 0 Å². The van der Waals surface area contributed by atoms with E-state index in [2.05, 4.69) is 15.2 Å². The molecule has 1 N–H and O–H groups in total. The monoisotopic (exact) mass is 341 g/mol. The second-order valence-corrected chi connectivity index (χ2v) is 6.65. The highest BCUT2D eigenvalue weighted by molar-refractivity contribution is 5.78. The van der Waals surface area contributed by atoms with Crippen molar-refractivity contribution in [3.8, 4) is 11.5 Å². The molecule has 1 aromatic carbocycles. The summed E-state index contributed by atoms with van der Waals surface area (Å²) in [4.78, 5) is 19.0. The molecule has 0 bridgehead atoms. The average molecular weight is 341 g/mol. The fourth-order valence-corrected chi connectivity index (χ4v) is 3.22. The number of amides is 1. The summed E-state index contributed by atoms with van der Waals surface area (Å²) in [5, 5.41) is 2.99. The lowest BCUT2D eigenvalue weighted by Gasteiger charge is -2.19. The van der Waals surface area contributed by atoms with E-state index in [0.29, 0.717) is 11.6 Å². The van der Waals surface area contributed by atoms with Crippen LogP contribution in [0.5, 0.6) is 0 Å².